The topological polar surface area (TPSA) is 115 Å². The fourth-order valence-corrected chi connectivity index (χ4v) is 6.80. The number of hydrogen-bond donors (Lipinski definition) is 2. The van der Waals surface area contributed by atoms with Gasteiger partial charge in [0, 0.05) is 29.6 Å². The third-order valence-electron chi connectivity index (χ3n) is 8.56. The van der Waals surface area contributed by atoms with Gasteiger partial charge in [-0.2, -0.15) is 0 Å². The van der Waals surface area contributed by atoms with Crippen LogP contribution in [0.3, 0.4) is 0 Å². The standard InChI is InChI=1S/C23H30O6/c1-21-8-5-14(24)11-13(21)3-4-15-16(21)6-9-22(2)17(15)7-10-23(22,29)20(28)18(25)12-19(26)27/h6,11,15,17-18,25,29H,3-5,7-10,12H2,1-2H3,(H,26,27)/p-1/t15-,17+,18?,21+,22+,23+/m1/s1. The highest BCUT2D eigenvalue weighted by Crippen LogP contribution is 2.65. The molecule has 6 nitrogen and oxygen atoms in total. The predicted molar refractivity (Wildman–Crippen MR) is 102 cm³/mol. The second-order valence-corrected chi connectivity index (χ2v) is 9.86. The van der Waals surface area contributed by atoms with E-state index in [1.807, 2.05) is 13.0 Å². The Balaban J connectivity index is 1.68. The Labute approximate surface area is 170 Å². The molecule has 158 valence electrons. The van der Waals surface area contributed by atoms with Crippen LogP contribution in [0.5, 0.6) is 0 Å². The number of aliphatic hydroxyl groups excluding tert-OH is 1. The first-order chi connectivity index (χ1) is 13.5. The van der Waals surface area contributed by atoms with Crippen molar-refractivity contribution in [3.63, 3.8) is 0 Å². The van der Waals surface area contributed by atoms with Crippen LogP contribution in [0.2, 0.25) is 0 Å². The van der Waals surface area contributed by atoms with E-state index in [1.54, 1.807) is 0 Å². The van der Waals surface area contributed by atoms with Crippen LogP contribution in [0.15, 0.2) is 23.3 Å². The van der Waals surface area contributed by atoms with Gasteiger partial charge >= 0.3 is 0 Å². The molecule has 1 unspecified atom stereocenters. The van der Waals surface area contributed by atoms with E-state index in [9.17, 15) is 29.7 Å². The van der Waals surface area contributed by atoms with Gasteiger partial charge in [-0.25, -0.2) is 0 Å². The number of ketones is 2. The first-order valence-corrected chi connectivity index (χ1v) is 10.6. The largest absolute Gasteiger partial charge is 0.550 e. The van der Waals surface area contributed by atoms with Crippen LogP contribution in [0, 0.1) is 22.7 Å². The van der Waals surface area contributed by atoms with Gasteiger partial charge in [0.1, 0.15) is 11.7 Å². The van der Waals surface area contributed by atoms with Gasteiger partial charge in [-0.3, -0.25) is 9.59 Å². The van der Waals surface area contributed by atoms with Crippen molar-refractivity contribution in [3.8, 4) is 0 Å². The van der Waals surface area contributed by atoms with Gasteiger partial charge in [0.2, 0.25) is 0 Å². The smallest absolute Gasteiger partial charge is 0.193 e. The molecule has 29 heavy (non-hydrogen) atoms. The van der Waals surface area contributed by atoms with Gasteiger partial charge < -0.3 is 20.1 Å². The highest BCUT2D eigenvalue weighted by molar-refractivity contribution is 5.94. The summed E-state index contributed by atoms with van der Waals surface area (Å²) in [5.74, 6) is -1.80. The first-order valence-electron chi connectivity index (χ1n) is 10.6. The molecule has 4 rings (SSSR count). The summed E-state index contributed by atoms with van der Waals surface area (Å²) >= 11 is 0. The lowest BCUT2D eigenvalue weighted by atomic mass is 9.50. The van der Waals surface area contributed by atoms with Crippen molar-refractivity contribution in [1.29, 1.82) is 0 Å². The van der Waals surface area contributed by atoms with Crippen LogP contribution in [0.25, 0.3) is 0 Å². The summed E-state index contributed by atoms with van der Waals surface area (Å²) in [5.41, 5.74) is -0.0795. The molecule has 4 aliphatic rings. The Morgan fingerprint density at radius 1 is 1.24 bits per heavy atom. The van der Waals surface area contributed by atoms with Crippen LogP contribution < -0.4 is 5.11 Å². The maximum Gasteiger partial charge on any atom is 0.193 e. The maximum absolute atomic E-state index is 12.9. The lowest BCUT2D eigenvalue weighted by Crippen LogP contribution is -2.57. The molecule has 2 saturated carbocycles. The summed E-state index contributed by atoms with van der Waals surface area (Å²) < 4.78 is 0. The van der Waals surface area contributed by atoms with E-state index in [0.29, 0.717) is 19.3 Å². The number of Topliss-reactive ketones (excluding diaryl/α,β-unsaturated/α-hetero) is 1. The van der Waals surface area contributed by atoms with Crippen molar-refractivity contribution in [2.45, 2.75) is 76.9 Å². The molecule has 0 saturated heterocycles. The van der Waals surface area contributed by atoms with Gasteiger partial charge in [0.15, 0.2) is 11.6 Å². The molecule has 4 aliphatic carbocycles. The molecule has 2 N–H and O–H groups in total. The van der Waals surface area contributed by atoms with Crippen molar-refractivity contribution in [2.24, 2.45) is 22.7 Å². The van der Waals surface area contributed by atoms with Crippen molar-refractivity contribution < 1.29 is 29.7 Å². The molecule has 6 heteroatoms. The van der Waals surface area contributed by atoms with E-state index in [4.69, 9.17) is 0 Å². The fourth-order valence-electron chi connectivity index (χ4n) is 6.80. The minimum atomic E-state index is -1.76. The molecule has 0 aromatic rings. The molecule has 6 atom stereocenters. The van der Waals surface area contributed by atoms with Crippen LogP contribution in [-0.4, -0.2) is 39.5 Å². The Bertz CT molecular complexity index is 840. The highest BCUT2D eigenvalue weighted by Gasteiger charge is 2.65. The van der Waals surface area contributed by atoms with E-state index in [0.717, 1.165) is 19.3 Å². The number of carboxylic acid groups (broad SMARTS) is 1. The van der Waals surface area contributed by atoms with E-state index >= 15 is 0 Å². The minimum absolute atomic E-state index is 0.0857. The highest BCUT2D eigenvalue weighted by atomic mass is 16.4. The summed E-state index contributed by atoms with van der Waals surface area (Å²) in [6, 6.07) is 0. The van der Waals surface area contributed by atoms with Crippen LogP contribution >= 0.6 is 0 Å². The zero-order valence-corrected chi connectivity index (χ0v) is 17.1. The Morgan fingerprint density at radius 2 is 1.97 bits per heavy atom. The lowest BCUT2D eigenvalue weighted by molar-refractivity contribution is -0.307. The average Bonchev–Trinajstić information content (AvgIpc) is 2.93. The molecule has 2 fully saturated rings. The summed E-state index contributed by atoms with van der Waals surface area (Å²) in [6.45, 7) is 4.11. The van der Waals surface area contributed by atoms with E-state index in [2.05, 4.69) is 13.0 Å². The Morgan fingerprint density at radius 3 is 2.66 bits per heavy atom. The number of aliphatic carboxylic acids is 1. The van der Waals surface area contributed by atoms with Crippen molar-refractivity contribution >= 4 is 17.5 Å². The first kappa shape index (κ1) is 20.5. The number of carbonyl (C=O) groups excluding carboxylic acids is 3. The van der Waals surface area contributed by atoms with Crippen LogP contribution in [-0.2, 0) is 14.4 Å². The number of hydrogen-bond acceptors (Lipinski definition) is 6. The molecule has 0 amide bonds. The number of fused-ring (bicyclic) bond motifs is 5. The molecule has 0 aromatic carbocycles. The number of rotatable bonds is 4. The van der Waals surface area contributed by atoms with E-state index < -0.39 is 35.3 Å². The van der Waals surface area contributed by atoms with Crippen LogP contribution in [0.4, 0.5) is 0 Å². The second-order valence-electron chi connectivity index (χ2n) is 9.86. The zero-order chi connectivity index (χ0) is 21.2. The Hall–Kier alpha value is -1.79. The molecule has 0 heterocycles. The molecule has 0 spiro atoms. The van der Waals surface area contributed by atoms with Crippen molar-refractivity contribution in [3.05, 3.63) is 23.3 Å². The summed E-state index contributed by atoms with van der Waals surface area (Å²) in [5, 5.41) is 32.3. The van der Waals surface area contributed by atoms with Crippen molar-refractivity contribution in [1.82, 2.24) is 0 Å². The number of aliphatic hydroxyl groups is 2. The van der Waals surface area contributed by atoms with Gasteiger partial charge in [-0.15, -0.1) is 0 Å². The zero-order valence-electron chi connectivity index (χ0n) is 17.1. The van der Waals surface area contributed by atoms with Crippen LogP contribution in [0.1, 0.15) is 65.2 Å². The predicted octanol–water partition coefficient (Wildman–Crippen LogP) is 1.24. The summed E-state index contributed by atoms with van der Waals surface area (Å²) in [4.78, 5) is 35.6. The number of allylic oxidation sites excluding steroid dienone is 4. The van der Waals surface area contributed by atoms with Gasteiger partial charge in [0.25, 0.3) is 0 Å². The molecule has 0 bridgehead atoms. The molecular weight excluding hydrogens is 372 g/mol. The fraction of sp³-hybridized carbons (Fsp3) is 0.696. The summed E-state index contributed by atoms with van der Waals surface area (Å²) in [6.07, 6.45) is 5.88. The molecular formula is C23H29O6-. The normalized spacial score (nSPS) is 42.1. The minimum Gasteiger partial charge on any atom is -0.550 e. The van der Waals surface area contributed by atoms with E-state index in [1.165, 1.54) is 11.1 Å². The Kier molecular flexibility index (Phi) is 4.67. The summed E-state index contributed by atoms with van der Waals surface area (Å²) in [7, 11) is 0. The number of carboxylic acids is 1. The van der Waals surface area contributed by atoms with Gasteiger partial charge in [-0.05, 0) is 56.4 Å². The van der Waals surface area contributed by atoms with Crippen molar-refractivity contribution in [2.75, 3.05) is 0 Å². The lowest BCUT2D eigenvalue weighted by Gasteiger charge is -2.54. The number of carbonyl (C=O) groups is 3. The second kappa shape index (κ2) is 6.61. The average molecular weight is 401 g/mol. The monoisotopic (exact) mass is 401 g/mol. The molecule has 0 radical (unpaired) electrons. The van der Waals surface area contributed by atoms with Gasteiger partial charge in [0.05, 0.1) is 0 Å². The molecule has 0 aromatic heterocycles. The maximum atomic E-state index is 12.9. The van der Waals surface area contributed by atoms with E-state index in [-0.39, 0.29) is 29.5 Å². The SMILES string of the molecule is C[C@]12CCC(=O)C=C1CC[C@@H]1C2=CC[C@@]2(C)[C@H]1CC[C@]2(O)C(=O)C(O)CC(=O)[O-]. The molecule has 0 aliphatic heterocycles. The third-order valence-corrected chi connectivity index (χ3v) is 8.56. The quantitative estimate of drug-likeness (QED) is 0.685. The van der Waals surface area contributed by atoms with Gasteiger partial charge in [-0.1, -0.05) is 31.1 Å². The third kappa shape index (κ3) is 2.79.